The number of hydrogen-bond acceptors (Lipinski definition) is 3. The van der Waals surface area contributed by atoms with Crippen molar-refractivity contribution in [2.45, 2.75) is 19.6 Å². The lowest BCUT2D eigenvalue weighted by molar-refractivity contribution is 0.559. The Morgan fingerprint density at radius 3 is 2.56 bits per heavy atom. The summed E-state index contributed by atoms with van der Waals surface area (Å²) in [7, 11) is -3.35. The lowest BCUT2D eigenvalue weighted by atomic mass is 10.1. The topological polar surface area (TPSA) is 72.2 Å². The van der Waals surface area contributed by atoms with Crippen LogP contribution in [-0.4, -0.2) is 20.0 Å². The van der Waals surface area contributed by atoms with Crippen molar-refractivity contribution in [2.75, 3.05) is 6.54 Å². The summed E-state index contributed by atoms with van der Waals surface area (Å²) in [5, 5.41) is 0. The Morgan fingerprint density at radius 1 is 1.39 bits per heavy atom. The van der Waals surface area contributed by atoms with Gasteiger partial charge in [0.05, 0.1) is 5.75 Å². The first-order chi connectivity index (χ1) is 8.32. The van der Waals surface area contributed by atoms with Crippen LogP contribution in [0.15, 0.2) is 24.3 Å². The van der Waals surface area contributed by atoms with Crippen molar-refractivity contribution in [3.63, 3.8) is 0 Å². The molecule has 0 aliphatic carbocycles. The van der Waals surface area contributed by atoms with E-state index in [2.05, 4.69) is 4.72 Å². The van der Waals surface area contributed by atoms with E-state index in [1.54, 1.807) is 24.3 Å². The van der Waals surface area contributed by atoms with Crippen LogP contribution in [0.1, 0.15) is 25.0 Å². The van der Waals surface area contributed by atoms with E-state index in [0.29, 0.717) is 17.7 Å². The SMILES string of the molecule is CC(C)CNS(=O)(=O)Cc1ccccc1C(N)=S. The van der Waals surface area contributed by atoms with Crippen LogP contribution in [0.4, 0.5) is 0 Å². The summed E-state index contributed by atoms with van der Waals surface area (Å²) < 4.78 is 26.3. The van der Waals surface area contributed by atoms with Gasteiger partial charge in [0, 0.05) is 12.1 Å². The molecule has 0 unspecified atom stereocenters. The molecule has 1 aromatic rings. The Morgan fingerprint density at radius 2 is 2.00 bits per heavy atom. The summed E-state index contributed by atoms with van der Waals surface area (Å²) in [6.07, 6.45) is 0. The van der Waals surface area contributed by atoms with Crippen molar-refractivity contribution in [3.8, 4) is 0 Å². The van der Waals surface area contributed by atoms with Crippen LogP contribution in [0.3, 0.4) is 0 Å². The number of hydrogen-bond donors (Lipinski definition) is 2. The third-order valence-corrected chi connectivity index (χ3v) is 3.86. The molecule has 1 rings (SSSR count). The zero-order valence-electron chi connectivity index (χ0n) is 10.5. The molecule has 0 spiro atoms. The molecule has 3 N–H and O–H groups in total. The van der Waals surface area contributed by atoms with Gasteiger partial charge < -0.3 is 5.73 Å². The maximum absolute atomic E-state index is 11.9. The molecule has 0 fully saturated rings. The van der Waals surface area contributed by atoms with Crippen LogP contribution in [0.5, 0.6) is 0 Å². The minimum absolute atomic E-state index is 0.104. The summed E-state index contributed by atoms with van der Waals surface area (Å²) in [6.45, 7) is 4.33. The second-order valence-electron chi connectivity index (χ2n) is 4.52. The molecular weight excluding hydrogens is 268 g/mol. The monoisotopic (exact) mass is 286 g/mol. The van der Waals surface area contributed by atoms with Crippen LogP contribution in [0.2, 0.25) is 0 Å². The van der Waals surface area contributed by atoms with Crippen molar-refractivity contribution in [2.24, 2.45) is 11.7 Å². The highest BCUT2D eigenvalue weighted by Crippen LogP contribution is 2.12. The number of thiocarbonyl (C=S) groups is 1. The Balaban J connectivity index is 2.87. The Hall–Kier alpha value is -0.980. The zero-order chi connectivity index (χ0) is 13.8. The highest BCUT2D eigenvalue weighted by Gasteiger charge is 2.15. The van der Waals surface area contributed by atoms with Crippen LogP contribution in [0, 0.1) is 5.92 Å². The molecule has 4 nitrogen and oxygen atoms in total. The van der Waals surface area contributed by atoms with E-state index >= 15 is 0 Å². The molecule has 18 heavy (non-hydrogen) atoms. The van der Waals surface area contributed by atoms with Gasteiger partial charge >= 0.3 is 0 Å². The second kappa shape index (κ2) is 6.26. The van der Waals surface area contributed by atoms with Gasteiger partial charge in [-0.25, -0.2) is 13.1 Å². The minimum Gasteiger partial charge on any atom is -0.389 e. The van der Waals surface area contributed by atoms with Gasteiger partial charge in [0.25, 0.3) is 0 Å². The van der Waals surface area contributed by atoms with E-state index < -0.39 is 10.0 Å². The maximum Gasteiger partial charge on any atom is 0.215 e. The van der Waals surface area contributed by atoms with Gasteiger partial charge in [0.1, 0.15) is 4.99 Å². The van der Waals surface area contributed by atoms with Gasteiger partial charge in [0.15, 0.2) is 0 Å². The van der Waals surface area contributed by atoms with Crippen molar-refractivity contribution < 1.29 is 8.42 Å². The molecule has 0 heterocycles. The third-order valence-electron chi connectivity index (χ3n) is 2.34. The summed E-state index contributed by atoms with van der Waals surface area (Å²) in [6, 6.07) is 7.01. The molecule has 0 radical (unpaired) electrons. The number of sulfonamides is 1. The second-order valence-corrected chi connectivity index (χ2v) is 6.77. The smallest absolute Gasteiger partial charge is 0.215 e. The molecule has 6 heteroatoms. The van der Waals surface area contributed by atoms with Gasteiger partial charge in [-0.05, 0) is 11.5 Å². The standard InChI is InChI=1S/C12H18N2O2S2/c1-9(2)7-14-18(15,16)8-10-5-3-4-6-11(10)12(13)17/h3-6,9,14H,7-8H2,1-2H3,(H2,13,17). The predicted octanol–water partition coefficient (Wildman–Crippen LogP) is 1.40. The first kappa shape index (κ1) is 15.1. The number of benzene rings is 1. The molecule has 0 aromatic heterocycles. The van der Waals surface area contributed by atoms with Crippen LogP contribution < -0.4 is 10.5 Å². The van der Waals surface area contributed by atoms with Gasteiger partial charge in [-0.2, -0.15) is 0 Å². The van der Waals surface area contributed by atoms with E-state index in [9.17, 15) is 8.42 Å². The lowest BCUT2D eigenvalue weighted by Crippen LogP contribution is -2.29. The van der Waals surface area contributed by atoms with E-state index in [-0.39, 0.29) is 16.7 Å². The molecule has 0 amide bonds. The number of rotatable bonds is 6. The molecule has 0 saturated heterocycles. The fraction of sp³-hybridized carbons (Fsp3) is 0.417. The first-order valence-electron chi connectivity index (χ1n) is 5.67. The van der Waals surface area contributed by atoms with Crippen LogP contribution in [0.25, 0.3) is 0 Å². The highest BCUT2D eigenvalue weighted by atomic mass is 32.2. The fourth-order valence-electron chi connectivity index (χ4n) is 1.44. The summed E-state index contributed by atoms with van der Waals surface area (Å²) >= 11 is 4.91. The number of nitrogens with one attached hydrogen (secondary N) is 1. The Bertz CT molecular complexity index is 525. The van der Waals surface area contributed by atoms with Crippen molar-refractivity contribution in [1.82, 2.24) is 4.72 Å². The lowest BCUT2D eigenvalue weighted by Gasteiger charge is -2.11. The molecule has 0 bridgehead atoms. The zero-order valence-corrected chi connectivity index (χ0v) is 12.1. The minimum atomic E-state index is -3.35. The molecule has 0 saturated carbocycles. The van der Waals surface area contributed by atoms with E-state index in [0.717, 1.165) is 0 Å². The maximum atomic E-state index is 11.9. The van der Waals surface area contributed by atoms with Crippen molar-refractivity contribution in [3.05, 3.63) is 35.4 Å². The van der Waals surface area contributed by atoms with Crippen molar-refractivity contribution >= 4 is 27.2 Å². The Kier molecular flexibility index (Phi) is 5.25. The molecular formula is C12H18N2O2S2. The fourth-order valence-corrected chi connectivity index (χ4v) is 2.99. The van der Waals surface area contributed by atoms with E-state index in [1.807, 2.05) is 13.8 Å². The Labute approximate surface area is 114 Å². The first-order valence-corrected chi connectivity index (χ1v) is 7.73. The average molecular weight is 286 g/mol. The summed E-state index contributed by atoms with van der Waals surface area (Å²) in [4.78, 5) is 0.213. The normalized spacial score (nSPS) is 11.7. The highest BCUT2D eigenvalue weighted by molar-refractivity contribution is 7.88. The van der Waals surface area contributed by atoms with Gasteiger partial charge in [-0.1, -0.05) is 50.3 Å². The summed E-state index contributed by atoms with van der Waals surface area (Å²) in [5.41, 5.74) is 6.81. The molecule has 100 valence electrons. The van der Waals surface area contributed by atoms with Crippen molar-refractivity contribution in [1.29, 1.82) is 0 Å². The number of nitrogens with two attached hydrogens (primary N) is 1. The largest absolute Gasteiger partial charge is 0.389 e. The van der Waals surface area contributed by atoms with E-state index in [4.69, 9.17) is 18.0 Å². The van der Waals surface area contributed by atoms with Gasteiger partial charge in [-0.15, -0.1) is 0 Å². The predicted molar refractivity (Wildman–Crippen MR) is 77.8 cm³/mol. The van der Waals surface area contributed by atoms with Crippen LogP contribution in [-0.2, 0) is 15.8 Å². The molecule has 0 atom stereocenters. The van der Waals surface area contributed by atoms with Crippen LogP contribution >= 0.6 is 12.2 Å². The molecule has 0 aliphatic heterocycles. The van der Waals surface area contributed by atoms with Gasteiger partial charge in [0.2, 0.25) is 10.0 Å². The summed E-state index contributed by atoms with van der Waals surface area (Å²) in [5.74, 6) is 0.165. The molecule has 0 aliphatic rings. The quantitative estimate of drug-likeness (QED) is 0.775. The van der Waals surface area contributed by atoms with E-state index in [1.165, 1.54) is 0 Å². The molecule has 1 aromatic carbocycles. The average Bonchev–Trinajstić information content (AvgIpc) is 2.26. The third kappa shape index (κ3) is 4.72. The van der Waals surface area contributed by atoms with Gasteiger partial charge in [-0.3, -0.25) is 0 Å².